The third-order valence-electron chi connectivity index (χ3n) is 4.64. The van der Waals surface area contributed by atoms with E-state index in [9.17, 15) is 0 Å². The molecular formula is C15H25BrN2S. The van der Waals surface area contributed by atoms with E-state index in [4.69, 9.17) is 5.84 Å². The zero-order valence-corrected chi connectivity index (χ0v) is 14.3. The van der Waals surface area contributed by atoms with Crippen molar-refractivity contribution in [1.29, 1.82) is 0 Å². The summed E-state index contributed by atoms with van der Waals surface area (Å²) < 4.78 is 1.23. The van der Waals surface area contributed by atoms with Gasteiger partial charge in [-0.3, -0.25) is 11.3 Å². The maximum absolute atomic E-state index is 5.80. The van der Waals surface area contributed by atoms with E-state index in [2.05, 4.69) is 46.6 Å². The molecule has 1 saturated carbocycles. The fourth-order valence-corrected chi connectivity index (χ4v) is 4.82. The van der Waals surface area contributed by atoms with Gasteiger partial charge in [0.05, 0.1) is 0 Å². The Kier molecular flexibility index (Phi) is 5.87. The lowest BCUT2D eigenvalue weighted by Crippen LogP contribution is -2.43. The summed E-state index contributed by atoms with van der Waals surface area (Å²) in [5, 5.41) is 2.14. The van der Waals surface area contributed by atoms with Crippen LogP contribution in [0.3, 0.4) is 0 Å². The van der Waals surface area contributed by atoms with Gasteiger partial charge >= 0.3 is 0 Å². The molecule has 0 aromatic carbocycles. The lowest BCUT2D eigenvalue weighted by Gasteiger charge is -2.35. The molecule has 1 aromatic rings. The van der Waals surface area contributed by atoms with E-state index in [0.717, 1.165) is 24.2 Å². The SMILES string of the molecule is CC(C)C1CCC(C(Cc2sccc2Br)NN)CC1. The van der Waals surface area contributed by atoms with E-state index in [1.54, 1.807) is 0 Å². The van der Waals surface area contributed by atoms with E-state index in [-0.39, 0.29) is 0 Å². The van der Waals surface area contributed by atoms with Crippen molar-refractivity contribution in [3.63, 3.8) is 0 Å². The van der Waals surface area contributed by atoms with Gasteiger partial charge in [0.15, 0.2) is 0 Å². The smallest absolute Gasteiger partial charge is 0.0314 e. The van der Waals surface area contributed by atoms with E-state index in [1.165, 1.54) is 35.0 Å². The molecule has 19 heavy (non-hydrogen) atoms. The molecule has 0 saturated heterocycles. The minimum atomic E-state index is 0.420. The Morgan fingerprint density at radius 2 is 1.95 bits per heavy atom. The number of rotatable bonds is 5. The van der Waals surface area contributed by atoms with Crippen LogP contribution < -0.4 is 11.3 Å². The summed E-state index contributed by atoms with van der Waals surface area (Å²) in [5.41, 5.74) is 3.07. The zero-order chi connectivity index (χ0) is 13.8. The van der Waals surface area contributed by atoms with Gasteiger partial charge in [0.1, 0.15) is 0 Å². The lowest BCUT2D eigenvalue weighted by atomic mass is 9.74. The number of hydrazine groups is 1. The molecule has 0 amide bonds. The molecule has 0 spiro atoms. The zero-order valence-electron chi connectivity index (χ0n) is 11.9. The molecule has 1 fully saturated rings. The van der Waals surface area contributed by atoms with Gasteiger partial charge in [-0.1, -0.05) is 13.8 Å². The summed E-state index contributed by atoms with van der Waals surface area (Å²) in [6.45, 7) is 4.71. The molecule has 1 heterocycles. The summed E-state index contributed by atoms with van der Waals surface area (Å²) in [5.74, 6) is 8.28. The first-order chi connectivity index (χ1) is 9.11. The Labute approximate surface area is 129 Å². The van der Waals surface area contributed by atoms with Crippen LogP contribution >= 0.6 is 27.3 Å². The third-order valence-corrected chi connectivity index (χ3v) is 6.59. The van der Waals surface area contributed by atoms with Crippen molar-refractivity contribution >= 4 is 27.3 Å². The normalized spacial score (nSPS) is 25.7. The molecule has 108 valence electrons. The summed E-state index contributed by atoms with van der Waals surface area (Å²) in [6.07, 6.45) is 6.42. The quantitative estimate of drug-likeness (QED) is 0.615. The molecule has 1 aromatic heterocycles. The second-order valence-corrected chi connectivity index (χ2v) is 7.94. The van der Waals surface area contributed by atoms with Crippen LogP contribution in [-0.4, -0.2) is 6.04 Å². The highest BCUT2D eigenvalue weighted by Gasteiger charge is 2.28. The summed E-state index contributed by atoms with van der Waals surface area (Å²) in [7, 11) is 0. The van der Waals surface area contributed by atoms with Gasteiger partial charge in [-0.05, 0) is 77.2 Å². The maximum atomic E-state index is 5.80. The minimum absolute atomic E-state index is 0.420. The standard InChI is InChI=1S/C15H25BrN2S/c1-10(2)11-3-5-12(6-4-11)14(18-17)9-15-13(16)7-8-19-15/h7-8,10-12,14,18H,3-6,9,17H2,1-2H3. The van der Waals surface area contributed by atoms with Crippen molar-refractivity contribution in [2.24, 2.45) is 23.6 Å². The van der Waals surface area contributed by atoms with Crippen molar-refractivity contribution in [2.75, 3.05) is 0 Å². The van der Waals surface area contributed by atoms with Crippen molar-refractivity contribution in [3.05, 3.63) is 20.8 Å². The average Bonchev–Trinajstić information content (AvgIpc) is 2.81. The van der Waals surface area contributed by atoms with Crippen LogP contribution in [-0.2, 0) is 6.42 Å². The molecule has 0 bridgehead atoms. The number of nitrogens with one attached hydrogen (secondary N) is 1. The molecule has 1 unspecified atom stereocenters. The van der Waals surface area contributed by atoms with E-state index in [0.29, 0.717) is 6.04 Å². The molecule has 0 radical (unpaired) electrons. The highest BCUT2D eigenvalue weighted by molar-refractivity contribution is 9.10. The van der Waals surface area contributed by atoms with Crippen molar-refractivity contribution in [2.45, 2.75) is 52.0 Å². The molecule has 0 aliphatic heterocycles. The van der Waals surface area contributed by atoms with Gasteiger partial charge in [-0.15, -0.1) is 11.3 Å². The van der Waals surface area contributed by atoms with Crippen LogP contribution in [0.15, 0.2) is 15.9 Å². The summed E-state index contributed by atoms with van der Waals surface area (Å²) in [6, 6.07) is 2.55. The number of thiophene rings is 1. The van der Waals surface area contributed by atoms with Crippen LogP contribution in [0.4, 0.5) is 0 Å². The fraction of sp³-hybridized carbons (Fsp3) is 0.733. The number of halogens is 1. The number of nitrogens with two attached hydrogens (primary N) is 1. The van der Waals surface area contributed by atoms with Crippen LogP contribution in [0.25, 0.3) is 0 Å². The Hall–Kier alpha value is 0.1000. The van der Waals surface area contributed by atoms with Crippen molar-refractivity contribution in [3.8, 4) is 0 Å². The molecule has 2 rings (SSSR count). The third kappa shape index (κ3) is 4.03. The Morgan fingerprint density at radius 3 is 2.42 bits per heavy atom. The molecule has 2 nitrogen and oxygen atoms in total. The molecule has 1 atom stereocenters. The Balaban J connectivity index is 1.91. The topological polar surface area (TPSA) is 38.0 Å². The van der Waals surface area contributed by atoms with E-state index < -0.39 is 0 Å². The van der Waals surface area contributed by atoms with Gasteiger partial charge in [0.25, 0.3) is 0 Å². The van der Waals surface area contributed by atoms with Crippen molar-refractivity contribution < 1.29 is 0 Å². The van der Waals surface area contributed by atoms with Gasteiger partial charge < -0.3 is 0 Å². The fourth-order valence-electron chi connectivity index (χ4n) is 3.25. The molecular weight excluding hydrogens is 320 g/mol. The van der Waals surface area contributed by atoms with Gasteiger partial charge in [0, 0.05) is 15.4 Å². The number of hydrogen-bond acceptors (Lipinski definition) is 3. The predicted octanol–water partition coefficient (Wildman–Crippen LogP) is 4.35. The lowest BCUT2D eigenvalue weighted by molar-refractivity contribution is 0.188. The van der Waals surface area contributed by atoms with Crippen LogP contribution in [0.1, 0.15) is 44.4 Å². The first-order valence-electron chi connectivity index (χ1n) is 7.29. The first kappa shape index (κ1) is 15.5. The molecule has 3 N–H and O–H groups in total. The van der Waals surface area contributed by atoms with Gasteiger partial charge in [-0.2, -0.15) is 0 Å². The van der Waals surface area contributed by atoms with E-state index >= 15 is 0 Å². The average molecular weight is 345 g/mol. The predicted molar refractivity (Wildman–Crippen MR) is 87.1 cm³/mol. The van der Waals surface area contributed by atoms with Crippen molar-refractivity contribution in [1.82, 2.24) is 5.43 Å². The first-order valence-corrected chi connectivity index (χ1v) is 8.97. The maximum Gasteiger partial charge on any atom is 0.0314 e. The second-order valence-electron chi connectivity index (χ2n) is 6.09. The van der Waals surface area contributed by atoms with Crippen LogP contribution in [0.5, 0.6) is 0 Å². The van der Waals surface area contributed by atoms with Gasteiger partial charge in [-0.25, -0.2) is 0 Å². The van der Waals surface area contributed by atoms with Gasteiger partial charge in [0.2, 0.25) is 0 Å². The second kappa shape index (κ2) is 7.21. The molecule has 1 aliphatic carbocycles. The summed E-state index contributed by atoms with van der Waals surface area (Å²) >= 11 is 5.44. The summed E-state index contributed by atoms with van der Waals surface area (Å²) in [4.78, 5) is 1.41. The highest BCUT2D eigenvalue weighted by Crippen LogP contribution is 2.36. The Morgan fingerprint density at radius 1 is 1.32 bits per heavy atom. The Bertz CT molecular complexity index is 383. The molecule has 4 heteroatoms. The van der Waals surface area contributed by atoms with Crippen LogP contribution in [0, 0.1) is 17.8 Å². The molecule has 1 aliphatic rings. The van der Waals surface area contributed by atoms with E-state index in [1.807, 2.05) is 11.3 Å². The van der Waals surface area contributed by atoms with Crippen LogP contribution in [0.2, 0.25) is 0 Å². The minimum Gasteiger partial charge on any atom is -0.271 e. The highest BCUT2D eigenvalue weighted by atomic mass is 79.9. The largest absolute Gasteiger partial charge is 0.271 e. The number of hydrogen-bond donors (Lipinski definition) is 2. The monoisotopic (exact) mass is 344 g/mol.